The van der Waals surface area contributed by atoms with Crippen molar-refractivity contribution < 1.29 is 13.2 Å². The minimum Gasteiger partial charge on any atom is -0.385 e. The third kappa shape index (κ3) is 5.14. The smallest absolute Gasteiger partial charge is 0.212 e. The summed E-state index contributed by atoms with van der Waals surface area (Å²) >= 11 is 0. The molecule has 0 amide bonds. The van der Waals surface area contributed by atoms with Gasteiger partial charge in [0.1, 0.15) is 0 Å². The fourth-order valence-electron chi connectivity index (χ4n) is 1.61. The van der Waals surface area contributed by atoms with Crippen LogP contribution in [0.25, 0.3) is 0 Å². The van der Waals surface area contributed by atoms with Crippen molar-refractivity contribution in [3.8, 4) is 0 Å². The molecule has 0 aromatic heterocycles. The van der Waals surface area contributed by atoms with Crippen LogP contribution in [0.4, 0.5) is 0 Å². The minimum atomic E-state index is -3.32. The first kappa shape index (κ1) is 15.1. The monoisotopic (exact) mass is 272 g/mol. The van der Waals surface area contributed by atoms with Gasteiger partial charge in [-0.3, -0.25) is 0 Å². The molecule has 3 N–H and O–H groups in total. The quantitative estimate of drug-likeness (QED) is 0.681. The van der Waals surface area contributed by atoms with Gasteiger partial charge < -0.3 is 10.5 Å². The Balaban J connectivity index is 2.63. The Morgan fingerprint density at radius 1 is 1.33 bits per heavy atom. The summed E-state index contributed by atoms with van der Waals surface area (Å²) in [5.41, 5.74) is 6.49. The summed E-state index contributed by atoms with van der Waals surface area (Å²) in [6.45, 7) is 0.660. The summed E-state index contributed by atoms with van der Waals surface area (Å²) in [6.07, 6.45) is 0.470. The van der Waals surface area contributed by atoms with Gasteiger partial charge in [0, 0.05) is 20.3 Å². The van der Waals surface area contributed by atoms with Gasteiger partial charge in [0.15, 0.2) is 0 Å². The summed E-state index contributed by atoms with van der Waals surface area (Å²) in [6, 6.07) is 8.93. The standard InChI is InChI=1S/C12H20N2O3S/c1-17-8-5-9-18(15,16)14-12(10-13)11-6-3-2-4-7-11/h2-4,6-7,12,14H,5,8-10,13H2,1H3. The van der Waals surface area contributed by atoms with Gasteiger partial charge in [-0.1, -0.05) is 30.3 Å². The summed E-state index contributed by atoms with van der Waals surface area (Å²) in [5.74, 6) is 0.0458. The molecule has 5 nitrogen and oxygen atoms in total. The number of rotatable bonds is 8. The Kier molecular flexibility index (Phi) is 6.28. The van der Waals surface area contributed by atoms with Crippen molar-refractivity contribution >= 4 is 10.0 Å². The molecule has 1 aromatic rings. The molecule has 0 spiro atoms. The molecule has 102 valence electrons. The Morgan fingerprint density at radius 3 is 2.56 bits per heavy atom. The van der Waals surface area contributed by atoms with Gasteiger partial charge in [-0.25, -0.2) is 13.1 Å². The molecule has 0 aliphatic heterocycles. The minimum absolute atomic E-state index is 0.0458. The zero-order valence-electron chi connectivity index (χ0n) is 10.5. The largest absolute Gasteiger partial charge is 0.385 e. The lowest BCUT2D eigenvalue weighted by molar-refractivity contribution is 0.199. The maximum absolute atomic E-state index is 11.8. The highest BCUT2D eigenvalue weighted by Gasteiger charge is 2.17. The topological polar surface area (TPSA) is 81.4 Å². The molecule has 1 aromatic carbocycles. The highest BCUT2D eigenvalue weighted by atomic mass is 32.2. The summed E-state index contributed by atoms with van der Waals surface area (Å²) in [4.78, 5) is 0. The van der Waals surface area contributed by atoms with E-state index in [4.69, 9.17) is 10.5 Å². The Labute approximate surface area is 108 Å². The first-order chi connectivity index (χ1) is 8.59. The maximum atomic E-state index is 11.8. The van der Waals surface area contributed by atoms with Crippen molar-refractivity contribution in [3.05, 3.63) is 35.9 Å². The second kappa shape index (κ2) is 7.48. The molecule has 0 radical (unpaired) electrons. The molecule has 1 rings (SSSR count). The lowest BCUT2D eigenvalue weighted by atomic mass is 10.1. The Bertz CT molecular complexity index is 434. The first-order valence-electron chi connectivity index (χ1n) is 5.83. The summed E-state index contributed by atoms with van der Waals surface area (Å²) in [7, 11) is -1.77. The highest BCUT2D eigenvalue weighted by molar-refractivity contribution is 7.89. The van der Waals surface area contributed by atoms with E-state index in [-0.39, 0.29) is 18.3 Å². The van der Waals surface area contributed by atoms with Crippen molar-refractivity contribution in [2.24, 2.45) is 5.73 Å². The van der Waals surface area contributed by atoms with Crippen molar-refractivity contribution in [3.63, 3.8) is 0 Å². The number of nitrogens with two attached hydrogens (primary N) is 1. The average molecular weight is 272 g/mol. The molecular formula is C12H20N2O3S. The Morgan fingerprint density at radius 2 is 2.00 bits per heavy atom. The predicted octanol–water partition coefficient (Wildman–Crippen LogP) is 0.642. The zero-order chi connectivity index (χ0) is 13.4. The van der Waals surface area contributed by atoms with E-state index in [0.29, 0.717) is 13.0 Å². The van der Waals surface area contributed by atoms with Crippen LogP contribution in [0.2, 0.25) is 0 Å². The number of nitrogens with one attached hydrogen (secondary N) is 1. The number of benzene rings is 1. The van der Waals surface area contributed by atoms with E-state index in [0.717, 1.165) is 5.56 Å². The van der Waals surface area contributed by atoms with Crippen LogP contribution >= 0.6 is 0 Å². The Hall–Kier alpha value is -0.950. The van der Waals surface area contributed by atoms with Crippen LogP contribution in [0.3, 0.4) is 0 Å². The van der Waals surface area contributed by atoms with Gasteiger partial charge in [-0.2, -0.15) is 0 Å². The zero-order valence-corrected chi connectivity index (χ0v) is 11.3. The van der Waals surface area contributed by atoms with Crippen LogP contribution < -0.4 is 10.5 Å². The molecule has 0 saturated carbocycles. The van der Waals surface area contributed by atoms with Crippen molar-refractivity contribution in [1.29, 1.82) is 0 Å². The van der Waals surface area contributed by atoms with E-state index < -0.39 is 10.0 Å². The fraction of sp³-hybridized carbons (Fsp3) is 0.500. The van der Waals surface area contributed by atoms with Gasteiger partial charge in [0.05, 0.1) is 11.8 Å². The molecule has 0 aliphatic carbocycles. The lowest BCUT2D eigenvalue weighted by Gasteiger charge is -2.17. The van der Waals surface area contributed by atoms with Crippen LogP contribution in [-0.4, -0.2) is 34.4 Å². The molecule has 1 atom stereocenters. The number of hydrogen-bond acceptors (Lipinski definition) is 4. The van der Waals surface area contributed by atoms with Gasteiger partial charge in [0.2, 0.25) is 10.0 Å². The SMILES string of the molecule is COCCCS(=O)(=O)NC(CN)c1ccccc1. The molecular weight excluding hydrogens is 252 g/mol. The van der Waals surface area contributed by atoms with Gasteiger partial charge >= 0.3 is 0 Å². The van der Waals surface area contributed by atoms with E-state index in [2.05, 4.69) is 4.72 Å². The van der Waals surface area contributed by atoms with Gasteiger partial charge in [-0.05, 0) is 12.0 Å². The van der Waals surface area contributed by atoms with E-state index in [1.54, 1.807) is 7.11 Å². The molecule has 0 heterocycles. The van der Waals surface area contributed by atoms with Crippen LogP contribution in [0, 0.1) is 0 Å². The third-order valence-electron chi connectivity index (χ3n) is 2.52. The number of methoxy groups -OCH3 is 1. The first-order valence-corrected chi connectivity index (χ1v) is 7.48. The van der Waals surface area contributed by atoms with Gasteiger partial charge in [0.25, 0.3) is 0 Å². The maximum Gasteiger partial charge on any atom is 0.212 e. The second-order valence-corrected chi connectivity index (χ2v) is 5.86. The van der Waals surface area contributed by atoms with E-state index >= 15 is 0 Å². The van der Waals surface area contributed by atoms with Crippen molar-refractivity contribution in [2.75, 3.05) is 26.0 Å². The van der Waals surface area contributed by atoms with Crippen LogP contribution in [0.5, 0.6) is 0 Å². The molecule has 0 saturated heterocycles. The molecule has 0 aliphatic rings. The van der Waals surface area contributed by atoms with Crippen LogP contribution in [0.15, 0.2) is 30.3 Å². The summed E-state index contributed by atoms with van der Waals surface area (Å²) in [5, 5.41) is 0. The molecule has 0 bridgehead atoms. The number of hydrogen-bond donors (Lipinski definition) is 2. The fourth-order valence-corrected chi connectivity index (χ4v) is 2.89. The van der Waals surface area contributed by atoms with Crippen molar-refractivity contribution in [1.82, 2.24) is 4.72 Å². The number of sulfonamides is 1. The number of ether oxygens (including phenoxy) is 1. The molecule has 1 unspecified atom stereocenters. The lowest BCUT2D eigenvalue weighted by Crippen LogP contribution is -2.35. The summed E-state index contributed by atoms with van der Waals surface area (Å²) < 4.78 is 31.1. The highest BCUT2D eigenvalue weighted by Crippen LogP contribution is 2.12. The average Bonchev–Trinajstić information content (AvgIpc) is 2.37. The van der Waals surface area contributed by atoms with E-state index in [1.807, 2.05) is 30.3 Å². The normalized spacial score (nSPS) is 13.4. The van der Waals surface area contributed by atoms with E-state index in [9.17, 15) is 8.42 Å². The third-order valence-corrected chi connectivity index (χ3v) is 3.99. The van der Waals surface area contributed by atoms with Crippen LogP contribution in [-0.2, 0) is 14.8 Å². The molecule has 18 heavy (non-hydrogen) atoms. The predicted molar refractivity (Wildman–Crippen MR) is 71.7 cm³/mol. The van der Waals surface area contributed by atoms with E-state index in [1.165, 1.54) is 0 Å². The van der Waals surface area contributed by atoms with Crippen LogP contribution in [0.1, 0.15) is 18.0 Å². The van der Waals surface area contributed by atoms with Crippen molar-refractivity contribution in [2.45, 2.75) is 12.5 Å². The molecule has 6 heteroatoms. The molecule has 0 fully saturated rings. The second-order valence-electron chi connectivity index (χ2n) is 3.98. The van der Waals surface area contributed by atoms with Gasteiger partial charge in [-0.15, -0.1) is 0 Å².